The Labute approximate surface area is 134 Å². The highest BCUT2D eigenvalue weighted by molar-refractivity contribution is 5.98. The standard InChI is InChI=1S/C20H28O2/c1-2-3-4-5-6-15-7-9-16(10-8-15)20(21)17-13-18-11-12-19(14-17)22-18/h7-10,17-19H,2-6,11-14H2,1H3. The number of ether oxygens (including phenoxy) is 1. The Morgan fingerprint density at radius 3 is 2.36 bits per heavy atom. The van der Waals surface area contributed by atoms with E-state index < -0.39 is 0 Å². The van der Waals surface area contributed by atoms with E-state index in [0.717, 1.165) is 37.7 Å². The topological polar surface area (TPSA) is 26.3 Å². The number of Topliss-reactive ketones (excluding diaryl/α,β-unsaturated/α-hetero) is 1. The number of unbranched alkanes of at least 4 members (excludes halogenated alkanes) is 3. The lowest BCUT2D eigenvalue weighted by Gasteiger charge is -2.27. The molecule has 3 rings (SSSR count). The smallest absolute Gasteiger partial charge is 0.166 e. The third kappa shape index (κ3) is 3.78. The van der Waals surface area contributed by atoms with Gasteiger partial charge in [-0.15, -0.1) is 0 Å². The highest BCUT2D eigenvalue weighted by atomic mass is 16.5. The molecule has 0 N–H and O–H groups in total. The fraction of sp³-hybridized carbons (Fsp3) is 0.650. The molecule has 0 aromatic heterocycles. The van der Waals surface area contributed by atoms with Gasteiger partial charge in [-0.3, -0.25) is 4.79 Å². The number of ketones is 1. The summed E-state index contributed by atoms with van der Waals surface area (Å²) in [6.45, 7) is 2.24. The molecule has 2 heterocycles. The van der Waals surface area contributed by atoms with Crippen molar-refractivity contribution in [3.63, 3.8) is 0 Å². The summed E-state index contributed by atoms with van der Waals surface area (Å²) in [5.41, 5.74) is 2.25. The summed E-state index contributed by atoms with van der Waals surface area (Å²) >= 11 is 0. The zero-order valence-electron chi connectivity index (χ0n) is 13.7. The summed E-state index contributed by atoms with van der Waals surface area (Å²) in [5, 5.41) is 0. The Morgan fingerprint density at radius 2 is 1.73 bits per heavy atom. The van der Waals surface area contributed by atoms with Crippen molar-refractivity contribution in [2.45, 2.75) is 76.9 Å². The molecule has 2 bridgehead atoms. The second-order valence-electron chi connectivity index (χ2n) is 7.00. The van der Waals surface area contributed by atoms with Gasteiger partial charge in [-0.1, -0.05) is 50.5 Å². The minimum Gasteiger partial charge on any atom is -0.375 e. The van der Waals surface area contributed by atoms with Gasteiger partial charge in [0, 0.05) is 11.5 Å². The molecule has 2 saturated heterocycles. The fourth-order valence-electron chi connectivity index (χ4n) is 3.90. The van der Waals surface area contributed by atoms with Crippen molar-refractivity contribution < 1.29 is 9.53 Å². The van der Waals surface area contributed by atoms with Gasteiger partial charge in [0.25, 0.3) is 0 Å². The maximum absolute atomic E-state index is 12.7. The average Bonchev–Trinajstić information content (AvgIpc) is 2.89. The van der Waals surface area contributed by atoms with Gasteiger partial charge in [-0.25, -0.2) is 0 Å². The SMILES string of the molecule is CCCCCCc1ccc(C(=O)C2CC3CCC(C2)O3)cc1. The monoisotopic (exact) mass is 300 g/mol. The molecule has 2 atom stereocenters. The highest BCUT2D eigenvalue weighted by Gasteiger charge is 2.38. The van der Waals surface area contributed by atoms with Crippen molar-refractivity contribution >= 4 is 5.78 Å². The second kappa shape index (κ2) is 7.41. The van der Waals surface area contributed by atoms with Crippen LogP contribution in [0.1, 0.15) is 74.2 Å². The Morgan fingerprint density at radius 1 is 1.05 bits per heavy atom. The van der Waals surface area contributed by atoms with Crippen molar-refractivity contribution in [3.8, 4) is 0 Å². The molecule has 2 aliphatic heterocycles. The van der Waals surface area contributed by atoms with Gasteiger partial charge in [0.15, 0.2) is 5.78 Å². The van der Waals surface area contributed by atoms with Crippen LogP contribution < -0.4 is 0 Å². The van der Waals surface area contributed by atoms with Gasteiger partial charge in [-0.05, 0) is 44.1 Å². The van der Waals surface area contributed by atoms with Crippen molar-refractivity contribution in [1.82, 2.24) is 0 Å². The normalized spacial score (nSPS) is 27.0. The van der Waals surface area contributed by atoms with E-state index in [-0.39, 0.29) is 5.92 Å². The number of fused-ring (bicyclic) bond motifs is 2. The fourth-order valence-corrected chi connectivity index (χ4v) is 3.90. The first-order chi connectivity index (χ1) is 10.8. The molecule has 0 saturated carbocycles. The molecule has 1 aromatic carbocycles. The molecule has 22 heavy (non-hydrogen) atoms. The van der Waals surface area contributed by atoms with Gasteiger partial charge in [0.05, 0.1) is 12.2 Å². The molecule has 1 aromatic rings. The van der Waals surface area contributed by atoms with E-state index in [0.29, 0.717) is 18.0 Å². The number of rotatable bonds is 7. The van der Waals surface area contributed by atoms with Gasteiger partial charge < -0.3 is 4.74 Å². The number of benzene rings is 1. The van der Waals surface area contributed by atoms with Crippen LogP contribution in [0.15, 0.2) is 24.3 Å². The second-order valence-corrected chi connectivity index (χ2v) is 7.00. The summed E-state index contributed by atoms with van der Waals surface area (Å²) in [5.74, 6) is 0.513. The van der Waals surface area contributed by atoms with E-state index in [2.05, 4.69) is 19.1 Å². The molecule has 0 amide bonds. The van der Waals surface area contributed by atoms with E-state index in [1.165, 1.54) is 31.2 Å². The minimum atomic E-state index is 0.182. The number of carbonyl (C=O) groups excluding carboxylic acids is 1. The van der Waals surface area contributed by atoms with Crippen LogP contribution in [0.4, 0.5) is 0 Å². The van der Waals surface area contributed by atoms with Crippen LogP contribution in [0.5, 0.6) is 0 Å². The molecule has 0 radical (unpaired) electrons. The summed E-state index contributed by atoms with van der Waals surface area (Å²) in [4.78, 5) is 12.7. The molecule has 2 heteroatoms. The van der Waals surface area contributed by atoms with Crippen LogP contribution in [-0.2, 0) is 11.2 Å². The number of hydrogen-bond donors (Lipinski definition) is 0. The van der Waals surface area contributed by atoms with E-state index in [9.17, 15) is 4.79 Å². The van der Waals surface area contributed by atoms with Gasteiger partial charge >= 0.3 is 0 Å². The molecule has 2 aliphatic rings. The number of aryl methyl sites for hydroxylation is 1. The van der Waals surface area contributed by atoms with Crippen molar-refractivity contribution in [3.05, 3.63) is 35.4 Å². The quantitative estimate of drug-likeness (QED) is 0.526. The van der Waals surface area contributed by atoms with Crippen molar-refractivity contribution in [2.24, 2.45) is 5.92 Å². The lowest BCUT2D eigenvalue weighted by atomic mass is 9.87. The molecule has 0 aliphatic carbocycles. The van der Waals surface area contributed by atoms with Crippen LogP contribution in [0.3, 0.4) is 0 Å². The molecular weight excluding hydrogens is 272 g/mol. The lowest BCUT2D eigenvalue weighted by Crippen LogP contribution is -2.30. The average molecular weight is 300 g/mol. The van der Waals surface area contributed by atoms with Crippen LogP contribution in [0, 0.1) is 5.92 Å². The molecule has 2 nitrogen and oxygen atoms in total. The first-order valence-corrected chi connectivity index (χ1v) is 9.05. The minimum absolute atomic E-state index is 0.182. The molecular formula is C20H28O2. The maximum Gasteiger partial charge on any atom is 0.166 e. The molecule has 2 unspecified atom stereocenters. The van der Waals surface area contributed by atoms with Gasteiger partial charge in [-0.2, -0.15) is 0 Å². The molecule has 0 spiro atoms. The van der Waals surface area contributed by atoms with Gasteiger partial charge in [0.2, 0.25) is 0 Å². The van der Waals surface area contributed by atoms with Crippen LogP contribution >= 0.6 is 0 Å². The van der Waals surface area contributed by atoms with E-state index >= 15 is 0 Å². The zero-order chi connectivity index (χ0) is 15.4. The first kappa shape index (κ1) is 15.7. The first-order valence-electron chi connectivity index (χ1n) is 9.05. The van der Waals surface area contributed by atoms with Gasteiger partial charge in [0.1, 0.15) is 0 Å². The Kier molecular flexibility index (Phi) is 5.30. The summed E-state index contributed by atoms with van der Waals surface area (Å²) in [7, 11) is 0. The maximum atomic E-state index is 12.7. The van der Waals surface area contributed by atoms with E-state index in [1.807, 2.05) is 12.1 Å². The van der Waals surface area contributed by atoms with Crippen molar-refractivity contribution in [2.75, 3.05) is 0 Å². The van der Waals surface area contributed by atoms with Crippen LogP contribution in [0.2, 0.25) is 0 Å². The largest absolute Gasteiger partial charge is 0.375 e. The number of hydrogen-bond acceptors (Lipinski definition) is 2. The summed E-state index contributed by atoms with van der Waals surface area (Å²) in [6, 6.07) is 8.37. The predicted octanol–water partition coefficient (Wildman–Crippen LogP) is 4.95. The third-order valence-corrected chi connectivity index (χ3v) is 5.22. The van der Waals surface area contributed by atoms with Crippen LogP contribution in [0.25, 0.3) is 0 Å². The lowest BCUT2D eigenvalue weighted by molar-refractivity contribution is -0.0149. The Bertz CT molecular complexity index is 479. The van der Waals surface area contributed by atoms with E-state index in [1.54, 1.807) is 0 Å². The van der Waals surface area contributed by atoms with Crippen LogP contribution in [-0.4, -0.2) is 18.0 Å². The summed E-state index contributed by atoms with van der Waals surface area (Å²) < 4.78 is 5.84. The van der Waals surface area contributed by atoms with E-state index in [4.69, 9.17) is 4.74 Å². The van der Waals surface area contributed by atoms with Crippen molar-refractivity contribution in [1.29, 1.82) is 0 Å². The molecule has 120 valence electrons. The third-order valence-electron chi connectivity index (χ3n) is 5.22. The highest BCUT2D eigenvalue weighted by Crippen LogP contribution is 2.37. The Balaban J connectivity index is 1.54. The molecule has 2 fully saturated rings. The Hall–Kier alpha value is -1.15. The summed E-state index contributed by atoms with van der Waals surface area (Å²) in [6.07, 6.45) is 11.1. The predicted molar refractivity (Wildman–Crippen MR) is 89.2 cm³/mol. The number of carbonyl (C=O) groups is 1. The zero-order valence-corrected chi connectivity index (χ0v) is 13.7.